The molecule has 96 valence electrons. The molecule has 0 spiro atoms. The van der Waals surface area contributed by atoms with Crippen LogP contribution in [0.25, 0.3) is 5.69 Å². The van der Waals surface area contributed by atoms with Gasteiger partial charge in [-0.05, 0) is 24.3 Å². The third-order valence-electron chi connectivity index (χ3n) is 2.48. The summed E-state index contributed by atoms with van der Waals surface area (Å²) in [6, 6.07) is 7.92. The Labute approximate surface area is 111 Å². The minimum Gasteiger partial charge on any atom is -0.497 e. The van der Waals surface area contributed by atoms with Gasteiger partial charge in [-0.3, -0.25) is 4.57 Å². The number of benzene rings is 1. The van der Waals surface area contributed by atoms with Gasteiger partial charge in [0.05, 0.1) is 13.7 Å². The van der Waals surface area contributed by atoms with E-state index in [1.807, 2.05) is 30.5 Å². The van der Waals surface area contributed by atoms with Crippen LogP contribution in [0.1, 0.15) is 0 Å². The topological polar surface area (TPSA) is 36.3 Å². The second kappa shape index (κ2) is 6.47. The molecule has 0 N–H and O–H groups in total. The van der Waals surface area contributed by atoms with Gasteiger partial charge < -0.3 is 9.47 Å². The van der Waals surface area contributed by atoms with Crippen LogP contribution in [0, 0.1) is 0 Å². The Morgan fingerprint density at radius 3 is 2.67 bits per heavy atom. The predicted octanol–water partition coefficient (Wildman–Crippen LogP) is 2.62. The number of hydrogen-bond acceptors (Lipinski definition) is 4. The van der Waals surface area contributed by atoms with Crippen molar-refractivity contribution in [3.8, 4) is 11.4 Å². The Bertz CT molecular complexity index is 482. The molecule has 0 aliphatic carbocycles. The van der Waals surface area contributed by atoms with Gasteiger partial charge in [0.15, 0.2) is 5.16 Å². The van der Waals surface area contributed by atoms with Gasteiger partial charge in [0.25, 0.3) is 0 Å². The summed E-state index contributed by atoms with van der Waals surface area (Å²) in [7, 11) is 3.37. The van der Waals surface area contributed by atoms with Crippen molar-refractivity contribution in [1.29, 1.82) is 0 Å². The molecule has 4 nitrogen and oxygen atoms in total. The van der Waals surface area contributed by atoms with E-state index in [4.69, 9.17) is 9.47 Å². The second-order valence-electron chi connectivity index (χ2n) is 3.62. The Hall–Kier alpha value is -1.46. The first-order valence-electron chi connectivity index (χ1n) is 5.64. The minimum absolute atomic E-state index is 0.722. The molecule has 0 atom stereocenters. The van der Waals surface area contributed by atoms with E-state index in [1.54, 1.807) is 32.2 Å². The van der Waals surface area contributed by atoms with E-state index in [2.05, 4.69) is 9.55 Å². The molecular weight excluding hydrogens is 248 g/mol. The number of methoxy groups -OCH3 is 2. The van der Waals surface area contributed by atoms with Crippen molar-refractivity contribution < 1.29 is 9.47 Å². The van der Waals surface area contributed by atoms with Crippen LogP contribution in [-0.4, -0.2) is 36.1 Å². The lowest BCUT2D eigenvalue weighted by molar-refractivity contribution is 0.218. The summed E-state index contributed by atoms with van der Waals surface area (Å²) in [5, 5.41) is 0.970. The van der Waals surface area contributed by atoms with E-state index in [9.17, 15) is 0 Å². The van der Waals surface area contributed by atoms with Gasteiger partial charge in [-0.2, -0.15) is 0 Å². The van der Waals surface area contributed by atoms with Gasteiger partial charge >= 0.3 is 0 Å². The Balaban J connectivity index is 2.14. The normalized spacial score (nSPS) is 10.6. The molecule has 0 amide bonds. The Kier molecular flexibility index (Phi) is 4.66. The molecule has 0 bridgehead atoms. The molecule has 1 aromatic heterocycles. The fraction of sp³-hybridized carbons (Fsp3) is 0.308. The molecule has 0 fully saturated rings. The number of rotatable bonds is 6. The van der Waals surface area contributed by atoms with E-state index < -0.39 is 0 Å². The van der Waals surface area contributed by atoms with Crippen LogP contribution < -0.4 is 4.74 Å². The molecule has 1 heterocycles. The van der Waals surface area contributed by atoms with Gasteiger partial charge in [-0.1, -0.05) is 11.8 Å². The summed E-state index contributed by atoms with van der Waals surface area (Å²) in [6.07, 6.45) is 3.76. The molecule has 2 rings (SSSR count). The quantitative estimate of drug-likeness (QED) is 0.593. The first-order chi connectivity index (χ1) is 8.85. The highest BCUT2D eigenvalue weighted by Gasteiger charge is 2.05. The zero-order valence-corrected chi connectivity index (χ0v) is 11.3. The van der Waals surface area contributed by atoms with Crippen molar-refractivity contribution in [2.24, 2.45) is 0 Å². The highest BCUT2D eigenvalue weighted by Crippen LogP contribution is 2.21. The number of aromatic nitrogens is 2. The molecule has 0 radical (unpaired) electrons. The lowest BCUT2D eigenvalue weighted by Gasteiger charge is -2.08. The van der Waals surface area contributed by atoms with Crippen LogP contribution in [0.3, 0.4) is 0 Å². The van der Waals surface area contributed by atoms with E-state index in [1.165, 1.54) is 0 Å². The zero-order valence-electron chi connectivity index (χ0n) is 10.5. The molecule has 1 aromatic carbocycles. The predicted molar refractivity (Wildman–Crippen MR) is 72.7 cm³/mol. The van der Waals surface area contributed by atoms with E-state index >= 15 is 0 Å². The van der Waals surface area contributed by atoms with Crippen molar-refractivity contribution in [2.75, 3.05) is 26.6 Å². The molecule has 0 unspecified atom stereocenters. The highest BCUT2D eigenvalue weighted by atomic mass is 32.2. The highest BCUT2D eigenvalue weighted by molar-refractivity contribution is 7.99. The Morgan fingerprint density at radius 2 is 2.00 bits per heavy atom. The summed E-state index contributed by atoms with van der Waals surface area (Å²) in [5.74, 6) is 1.75. The third kappa shape index (κ3) is 3.05. The van der Waals surface area contributed by atoms with Gasteiger partial charge in [0.1, 0.15) is 5.75 Å². The van der Waals surface area contributed by atoms with E-state index in [-0.39, 0.29) is 0 Å². The van der Waals surface area contributed by atoms with Gasteiger partial charge in [-0.15, -0.1) is 0 Å². The number of thioether (sulfide) groups is 1. The van der Waals surface area contributed by atoms with E-state index in [0.29, 0.717) is 0 Å². The maximum Gasteiger partial charge on any atom is 0.172 e. The fourth-order valence-corrected chi connectivity index (χ4v) is 2.43. The third-order valence-corrected chi connectivity index (χ3v) is 3.41. The molecule has 5 heteroatoms. The molecule has 0 saturated heterocycles. The summed E-state index contributed by atoms with van der Waals surface area (Å²) in [5.41, 5.74) is 1.08. The lowest BCUT2D eigenvalue weighted by atomic mass is 10.3. The second-order valence-corrected chi connectivity index (χ2v) is 4.68. The number of ether oxygens (including phenoxy) is 2. The molecule has 0 aliphatic heterocycles. The maximum atomic E-state index is 5.15. The summed E-state index contributed by atoms with van der Waals surface area (Å²) in [4.78, 5) is 4.35. The number of imidazole rings is 1. The largest absolute Gasteiger partial charge is 0.497 e. The van der Waals surface area contributed by atoms with Crippen LogP contribution in [0.4, 0.5) is 0 Å². The molecule has 0 aliphatic rings. The fourth-order valence-electron chi connectivity index (χ4n) is 1.55. The van der Waals surface area contributed by atoms with Crippen LogP contribution >= 0.6 is 11.8 Å². The Morgan fingerprint density at radius 1 is 1.22 bits per heavy atom. The standard InChI is InChI=1S/C13H16N2O2S/c1-16-9-10-18-13-14-7-8-15(13)11-3-5-12(17-2)6-4-11/h3-8H,9-10H2,1-2H3. The summed E-state index contributed by atoms with van der Waals surface area (Å²) < 4.78 is 12.2. The SMILES string of the molecule is COCCSc1nccn1-c1ccc(OC)cc1. The van der Waals surface area contributed by atoms with Crippen molar-refractivity contribution in [1.82, 2.24) is 9.55 Å². The average Bonchev–Trinajstić information content (AvgIpc) is 2.88. The van der Waals surface area contributed by atoms with Gasteiger partial charge in [0.2, 0.25) is 0 Å². The van der Waals surface area contributed by atoms with Crippen molar-refractivity contribution in [3.05, 3.63) is 36.7 Å². The van der Waals surface area contributed by atoms with E-state index in [0.717, 1.165) is 29.0 Å². The smallest absolute Gasteiger partial charge is 0.172 e. The van der Waals surface area contributed by atoms with Crippen molar-refractivity contribution >= 4 is 11.8 Å². The van der Waals surface area contributed by atoms with Crippen molar-refractivity contribution in [3.63, 3.8) is 0 Å². The number of hydrogen-bond donors (Lipinski definition) is 0. The maximum absolute atomic E-state index is 5.15. The lowest BCUT2D eigenvalue weighted by Crippen LogP contribution is -1.98. The first kappa shape index (κ1) is 13.0. The van der Waals surface area contributed by atoms with Gasteiger partial charge in [0, 0.05) is 30.9 Å². The average molecular weight is 264 g/mol. The number of nitrogens with zero attached hydrogens (tertiary/aromatic N) is 2. The van der Waals surface area contributed by atoms with Crippen LogP contribution in [0.5, 0.6) is 5.75 Å². The van der Waals surface area contributed by atoms with Crippen LogP contribution in [0.15, 0.2) is 41.8 Å². The molecule has 2 aromatic rings. The van der Waals surface area contributed by atoms with Crippen LogP contribution in [-0.2, 0) is 4.74 Å². The monoisotopic (exact) mass is 264 g/mol. The molecule has 18 heavy (non-hydrogen) atoms. The zero-order chi connectivity index (χ0) is 12.8. The first-order valence-corrected chi connectivity index (χ1v) is 6.63. The molecular formula is C13H16N2O2S. The minimum atomic E-state index is 0.722. The summed E-state index contributed by atoms with van der Waals surface area (Å²) in [6.45, 7) is 0.722. The van der Waals surface area contributed by atoms with Crippen LogP contribution in [0.2, 0.25) is 0 Å². The van der Waals surface area contributed by atoms with Crippen molar-refractivity contribution in [2.45, 2.75) is 5.16 Å². The van der Waals surface area contributed by atoms with Gasteiger partial charge in [-0.25, -0.2) is 4.98 Å². The molecule has 0 saturated carbocycles. The summed E-state index contributed by atoms with van der Waals surface area (Å²) >= 11 is 1.68.